The van der Waals surface area contributed by atoms with Gasteiger partial charge in [-0.25, -0.2) is 0 Å². The standard InChI is InChI=1S/2C9H7N.H2O/c2*1-2-4-9-7-10-6-5-8(9)3-1;/h2*1-7H;1H2. The summed E-state index contributed by atoms with van der Waals surface area (Å²) in [5.41, 5.74) is 0. The van der Waals surface area contributed by atoms with Crippen molar-refractivity contribution in [3.05, 3.63) is 85.5 Å². The molecule has 21 heavy (non-hydrogen) atoms. The summed E-state index contributed by atoms with van der Waals surface area (Å²) >= 11 is 0. The van der Waals surface area contributed by atoms with Crippen LogP contribution < -0.4 is 0 Å². The van der Waals surface area contributed by atoms with Gasteiger partial charge in [-0.3, -0.25) is 9.97 Å². The summed E-state index contributed by atoms with van der Waals surface area (Å²) in [6.45, 7) is 0. The zero-order chi connectivity index (χ0) is 13.6. The number of hydrogen-bond donors (Lipinski definition) is 0. The van der Waals surface area contributed by atoms with E-state index in [9.17, 15) is 0 Å². The van der Waals surface area contributed by atoms with Crippen molar-refractivity contribution >= 4 is 21.5 Å². The maximum Gasteiger partial charge on any atom is 0.0346 e. The molecular weight excluding hydrogens is 260 g/mol. The largest absolute Gasteiger partial charge is 0.412 e. The van der Waals surface area contributed by atoms with Crippen LogP contribution in [0.1, 0.15) is 0 Å². The van der Waals surface area contributed by atoms with Crippen LogP contribution in [0.3, 0.4) is 0 Å². The van der Waals surface area contributed by atoms with E-state index in [1.54, 1.807) is 0 Å². The molecule has 0 fully saturated rings. The summed E-state index contributed by atoms with van der Waals surface area (Å²) in [6, 6.07) is 20.4. The van der Waals surface area contributed by atoms with Crippen LogP contribution in [-0.2, 0) is 0 Å². The molecule has 2 aromatic heterocycles. The van der Waals surface area contributed by atoms with Gasteiger partial charge >= 0.3 is 0 Å². The highest BCUT2D eigenvalue weighted by molar-refractivity contribution is 5.81. The lowest BCUT2D eigenvalue weighted by atomic mass is 10.2. The maximum atomic E-state index is 4.01. The Morgan fingerprint density at radius 1 is 0.476 bits per heavy atom. The van der Waals surface area contributed by atoms with Gasteiger partial charge < -0.3 is 5.48 Å². The van der Waals surface area contributed by atoms with Crippen molar-refractivity contribution in [2.45, 2.75) is 0 Å². The Balaban J connectivity index is 0.000000147. The van der Waals surface area contributed by atoms with Crippen LogP contribution in [0.25, 0.3) is 21.5 Å². The molecule has 0 amide bonds. The summed E-state index contributed by atoms with van der Waals surface area (Å²) in [5, 5.41) is 4.89. The molecule has 0 saturated heterocycles. The molecule has 0 atom stereocenters. The molecule has 0 bridgehead atoms. The zero-order valence-corrected chi connectivity index (χ0v) is 11.5. The Morgan fingerprint density at radius 3 is 1.24 bits per heavy atom. The van der Waals surface area contributed by atoms with Crippen molar-refractivity contribution in [1.82, 2.24) is 9.97 Å². The number of fused-ring (bicyclic) bond motifs is 2. The van der Waals surface area contributed by atoms with E-state index < -0.39 is 0 Å². The lowest BCUT2D eigenvalue weighted by Crippen LogP contribution is -1.71. The first-order valence-electron chi connectivity index (χ1n) is 6.51. The third-order valence-corrected chi connectivity index (χ3v) is 3.10. The van der Waals surface area contributed by atoms with Gasteiger partial charge in [-0.1, -0.05) is 48.5 Å². The fourth-order valence-corrected chi connectivity index (χ4v) is 2.05. The van der Waals surface area contributed by atoms with Gasteiger partial charge in [-0.2, -0.15) is 0 Å². The van der Waals surface area contributed by atoms with Crippen molar-refractivity contribution in [3.63, 3.8) is 0 Å². The van der Waals surface area contributed by atoms with Crippen LogP contribution in [0.5, 0.6) is 0 Å². The number of benzene rings is 2. The van der Waals surface area contributed by atoms with Gasteiger partial charge in [0.05, 0.1) is 0 Å². The van der Waals surface area contributed by atoms with Crippen LogP contribution in [0, 0.1) is 0 Å². The van der Waals surface area contributed by atoms with Gasteiger partial charge in [-0.05, 0) is 33.7 Å². The molecule has 2 N–H and O–H groups in total. The third kappa shape index (κ3) is 3.61. The summed E-state index contributed by atoms with van der Waals surface area (Å²) in [6.07, 6.45) is 7.36. The predicted molar refractivity (Wildman–Crippen MR) is 87.1 cm³/mol. The van der Waals surface area contributed by atoms with Crippen molar-refractivity contribution in [1.29, 1.82) is 0 Å². The summed E-state index contributed by atoms with van der Waals surface area (Å²) in [5.74, 6) is 0. The van der Waals surface area contributed by atoms with Gasteiger partial charge in [-0.15, -0.1) is 0 Å². The molecule has 0 spiro atoms. The normalized spacial score (nSPS) is 9.52. The minimum absolute atomic E-state index is 0. The van der Waals surface area contributed by atoms with Gasteiger partial charge in [0.1, 0.15) is 0 Å². The molecule has 0 saturated carbocycles. The van der Waals surface area contributed by atoms with Crippen LogP contribution >= 0.6 is 0 Å². The third-order valence-electron chi connectivity index (χ3n) is 3.10. The summed E-state index contributed by atoms with van der Waals surface area (Å²) in [7, 11) is 0. The lowest BCUT2D eigenvalue weighted by Gasteiger charge is -1.91. The van der Waals surface area contributed by atoms with E-state index in [0.29, 0.717) is 0 Å². The number of hydrogen-bond acceptors (Lipinski definition) is 2. The van der Waals surface area contributed by atoms with E-state index in [4.69, 9.17) is 0 Å². The molecule has 3 heteroatoms. The summed E-state index contributed by atoms with van der Waals surface area (Å²) < 4.78 is 0. The molecule has 0 radical (unpaired) electrons. The Hall–Kier alpha value is -2.78. The second kappa shape index (κ2) is 7.12. The minimum atomic E-state index is 0. The number of pyridine rings is 2. The van der Waals surface area contributed by atoms with Crippen LogP contribution in [0.4, 0.5) is 0 Å². The Bertz CT molecular complexity index is 628. The second-order valence-corrected chi connectivity index (χ2v) is 4.45. The smallest absolute Gasteiger partial charge is 0.0346 e. The molecule has 0 aliphatic heterocycles. The first kappa shape index (κ1) is 14.6. The zero-order valence-electron chi connectivity index (χ0n) is 11.5. The molecule has 0 unspecified atom stereocenters. The summed E-state index contributed by atoms with van der Waals surface area (Å²) in [4.78, 5) is 8.03. The highest BCUT2D eigenvalue weighted by Gasteiger charge is 1.86. The number of rotatable bonds is 0. The topological polar surface area (TPSA) is 57.3 Å². The number of nitrogens with zero attached hydrogens (tertiary/aromatic N) is 2. The molecule has 0 aliphatic carbocycles. The number of aromatic nitrogens is 2. The predicted octanol–water partition coefficient (Wildman–Crippen LogP) is 3.64. The Kier molecular flexibility index (Phi) is 4.96. The van der Waals surface area contributed by atoms with Gasteiger partial charge in [0.2, 0.25) is 0 Å². The van der Waals surface area contributed by atoms with Crippen molar-refractivity contribution in [2.24, 2.45) is 0 Å². The quantitative estimate of drug-likeness (QED) is 0.492. The van der Waals surface area contributed by atoms with Crippen molar-refractivity contribution in [3.8, 4) is 0 Å². The maximum absolute atomic E-state index is 4.01. The van der Waals surface area contributed by atoms with E-state index in [-0.39, 0.29) is 5.48 Å². The molecule has 4 rings (SSSR count). The van der Waals surface area contributed by atoms with E-state index in [2.05, 4.69) is 34.2 Å². The highest BCUT2D eigenvalue weighted by Crippen LogP contribution is 2.10. The SMILES string of the molecule is O.c1ccc2cnccc2c1.c1ccc2cnccc2c1. The van der Waals surface area contributed by atoms with Crippen molar-refractivity contribution in [2.75, 3.05) is 0 Å². The average molecular weight is 276 g/mol. The molecule has 4 aromatic rings. The van der Waals surface area contributed by atoms with Crippen molar-refractivity contribution < 1.29 is 5.48 Å². The molecule has 2 heterocycles. The second-order valence-electron chi connectivity index (χ2n) is 4.45. The van der Waals surface area contributed by atoms with Crippen LogP contribution in [-0.4, -0.2) is 15.4 Å². The molecule has 104 valence electrons. The lowest BCUT2D eigenvalue weighted by molar-refractivity contribution is 0.824. The Labute approximate surface area is 123 Å². The van der Waals surface area contributed by atoms with Crippen LogP contribution in [0.2, 0.25) is 0 Å². The average Bonchev–Trinajstić information content (AvgIpc) is 2.56. The first-order chi connectivity index (χ1) is 9.93. The first-order valence-corrected chi connectivity index (χ1v) is 6.51. The molecular formula is C18H16N2O. The molecule has 3 nitrogen and oxygen atoms in total. The van der Waals surface area contributed by atoms with E-state index in [0.717, 1.165) is 0 Å². The molecule has 0 aliphatic rings. The Morgan fingerprint density at radius 2 is 0.857 bits per heavy atom. The van der Waals surface area contributed by atoms with E-state index in [1.807, 2.05) is 61.2 Å². The van der Waals surface area contributed by atoms with Gasteiger partial charge in [0, 0.05) is 24.8 Å². The molecule has 2 aromatic carbocycles. The monoisotopic (exact) mass is 276 g/mol. The van der Waals surface area contributed by atoms with Gasteiger partial charge in [0.25, 0.3) is 0 Å². The van der Waals surface area contributed by atoms with Crippen LogP contribution in [0.15, 0.2) is 85.5 Å². The highest BCUT2D eigenvalue weighted by atomic mass is 16.0. The fraction of sp³-hybridized carbons (Fsp3) is 0. The minimum Gasteiger partial charge on any atom is -0.412 e. The van der Waals surface area contributed by atoms with E-state index >= 15 is 0 Å². The van der Waals surface area contributed by atoms with Gasteiger partial charge in [0.15, 0.2) is 0 Å². The fourth-order valence-electron chi connectivity index (χ4n) is 2.05. The van der Waals surface area contributed by atoms with E-state index in [1.165, 1.54) is 21.5 Å².